The van der Waals surface area contributed by atoms with Gasteiger partial charge in [0.2, 0.25) is 0 Å². The summed E-state index contributed by atoms with van der Waals surface area (Å²) in [6.45, 7) is 8.68. The quantitative estimate of drug-likeness (QED) is 0.643. The second-order valence-corrected chi connectivity index (χ2v) is 8.10. The molecule has 0 spiro atoms. The highest BCUT2D eigenvalue weighted by Crippen LogP contribution is 2.15. The van der Waals surface area contributed by atoms with Crippen LogP contribution >= 0.6 is 0 Å². The van der Waals surface area contributed by atoms with Crippen LogP contribution in [-0.2, 0) is 8.23 Å². The summed E-state index contributed by atoms with van der Waals surface area (Å²) in [5.74, 6) is 0. The van der Waals surface area contributed by atoms with Gasteiger partial charge in [0.25, 0.3) is 10.0 Å². The molecule has 76 valence electrons. The van der Waals surface area contributed by atoms with E-state index in [1.54, 1.807) is 0 Å². The average molecular weight is 224 g/mol. The molecule has 0 bridgehead atoms. The minimum absolute atomic E-state index is 0.581. The van der Waals surface area contributed by atoms with Crippen molar-refractivity contribution in [2.45, 2.75) is 27.7 Å². The lowest BCUT2D eigenvalue weighted by Crippen LogP contribution is -2.51. The zero-order valence-electron chi connectivity index (χ0n) is 9.18. The van der Waals surface area contributed by atoms with Crippen LogP contribution < -0.4 is 5.19 Å². The summed E-state index contributed by atoms with van der Waals surface area (Å²) in [4.78, 5) is 0. The summed E-state index contributed by atoms with van der Waals surface area (Å²) < 4.78 is 11.3. The highest BCUT2D eigenvalue weighted by Gasteiger charge is 2.28. The van der Waals surface area contributed by atoms with Crippen LogP contribution in [0.3, 0.4) is 0 Å². The molecule has 14 heavy (non-hydrogen) atoms. The van der Waals surface area contributed by atoms with Gasteiger partial charge in [0, 0.05) is 0 Å². The van der Waals surface area contributed by atoms with Gasteiger partial charge in [-0.05, 0) is 55.1 Å². The minimum atomic E-state index is -1.43. The Morgan fingerprint density at radius 1 is 1.00 bits per heavy atom. The minimum Gasteiger partial charge on any atom is -0.419 e. The lowest BCUT2D eigenvalue weighted by atomic mass is 10.0. The first-order valence-corrected chi connectivity index (χ1v) is 7.59. The van der Waals surface area contributed by atoms with Crippen LogP contribution in [0.15, 0.2) is 6.07 Å². The lowest BCUT2D eigenvalue weighted by Gasteiger charge is -2.29. The fourth-order valence-electron chi connectivity index (χ4n) is 1.90. The molecule has 0 saturated carbocycles. The van der Waals surface area contributed by atoms with Crippen molar-refractivity contribution >= 4 is 24.5 Å². The zero-order chi connectivity index (χ0) is 10.3. The van der Waals surface area contributed by atoms with Crippen LogP contribution in [0, 0.1) is 27.7 Å². The van der Waals surface area contributed by atoms with Crippen molar-refractivity contribution in [3.63, 3.8) is 0 Å². The van der Waals surface area contributed by atoms with Crippen molar-refractivity contribution in [2.75, 3.05) is 0 Å². The molecule has 1 heterocycles. The predicted octanol–water partition coefficient (Wildman–Crippen LogP) is 0.393. The molecule has 2 nitrogen and oxygen atoms in total. The van der Waals surface area contributed by atoms with E-state index in [0.717, 1.165) is 0 Å². The van der Waals surface area contributed by atoms with Crippen LogP contribution in [0.25, 0.3) is 0 Å². The van der Waals surface area contributed by atoms with E-state index >= 15 is 0 Å². The smallest absolute Gasteiger partial charge is 0.338 e. The monoisotopic (exact) mass is 224 g/mol. The van der Waals surface area contributed by atoms with Crippen LogP contribution in [0.2, 0.25) is 0 Å². The number of rotatable bonds is 1. The van der Waals surface area contributed by atoms with Gasteiger partial charge in [0.1, 0.15) is 0 Å². The molecule has 1 aliphatic heterocycles. The summed E-state index contributed by atoms with van der Waals surface area (Å²) in [7, 11) is -2.01. The molecule has 1 aliphatic rings. The maximum atomic E-state index is 5.64. The van der Waals surface area contributed by atoms with Gasteiger partial charge in [0.15, 0.2) is 0 Å². The third-order valence-electron chi connectivity index (χ3n) is 3.10. The standard InChI is InChI=1S/C10H16O2Si2/c1-6-5-7(2)9(4)10(8(6)3)14-11-13-12-14/h5,14H,13H2,1-4H3. The molecule has 0 aliphatic carbocycles. The first-order valence-electron chi connectivity index (χ1n) is 4.91. The van der Waals surface area contributed by atoms with Gasteiger partial charge >= 0.3 is 9.28 Å². The van der Waals surface area contributed by atoms with Gasteiger partial charge in [-0.2, -0.15) is 0 Å². The summed E-state index contributed by atoms with van der Waals surface area (Å²) in [5.41, 5.74) is 5.46. The van der Waals surface area contributed by atoms with Crippen LogP contribution in [0.1, 0.15) is 22.3 Å². The van der Waals surface area contributed by atoms with Crippen molar-refractivity contribution in [2.24, 2.45) is 0 Å². The Morgan fingerprint density at radius 3 is 1.86 bits per heavy atom. The molecule has 0 atom stereocenters. The van der Waals surface area contributed by atoms with E-state index in [9.17, 15) is 0 Å². The van der Waals surface area contributed by atoms with E-state index in [2.05, 4.69) is 33.8 Å². The Morgan fingerprint density at radius 2 is 1.50 bits per heavy atom. The fraction of sp³-hybridized carbons (Fsp3) is 0.400. The van der Waals surface area contributed by atoms with Gasteiger partial charge < -0.3 is 8.23 Å². The number of hydrogen-bond acceptors (Lipinski definition) is 2. The van der Waals surface area contributed by atoms with Gasteiger partial charge in [0.05, 0.1) is 0 Å². The van der Waals surface area contributed by atoms with Gasteiger partial charge in [-0.1, -0.05) is 6.07 Å². The second kappa shape index (κ2) is 3.62. The highest BCUT2D eigenvalue weighted by atomic mass is 28.4. The fourth-order valence-corrected chi connectivity index (χ4v) is 5.49. The van der Waals surface area contributed by atoms with Crippen molar-refractivity contribution in [3.05, 3.63) is 28.3 Å². The molecule has 0 amide bonds. The van der Waals surface area contributed by atoms with Crippen LogP contribution in [0.4, 0.5) is 0 Å². The first kappa shape index (κ1) is 10.1. The zero-order valence-corrected chi connectivity index (χ0v) is 11.7. The molecule has 4 heteroatoms. The Labute approximate surface area is 89.2 Å². The van der Waals surface area contributed by atoms with Crippen molar-refractivity contribution in [1.82, 2.24) is 0 Å². The normalized spacial score (nSPS) is 22.4. The highest BCUT2D eigenvalue weighted by molar-refractivity contribution is 6.75. The third-order valence-corrected chi connectivity index (χ3v) is 7.95. The molecule has 0 unspecified atom stereocenters. The SMILES string of the molecule is Cc1cc(C)c(C)c([SiH]2O[SiH2]O2)c1C. The van der Waals surface area contributed by atoms with E-state index in [-0.39, 0.29) is 0 Å². The van der Waals surface area contributed by atoms with E-state index in [1.807, 2.05) is 0 Å². The summed E-state index contributed by atoms with van der Waals surface area (Å²) in [5, 5.41) is 1.39. The molecule has 0 aromatic heterocycles. The van der Waals surface area contributed by atoms with Crippen LogP contribution in [-0.4, -0.2) is 19.3 Å². The Hall–Kier alpha value is -0.426. The van der Waals surface area contributed by atoms with Gasteiger partial charge in [-0.25, -0.2) is 0 Å². The summed E-state index contributed by atoms with van der Waals surface area (Å²) >= 11 is 0. The molecular weight excluding hydrogens is 208 g/mol. The molecule has 1 saturated heterocycles. The largest absolute Gasteiger partial charge is 0.419 e. The van der Waals surface area contributed by atoms with E-state index in [0.29, 0.717) is 0 Å². The topological polar surface area (TPSA) is 18.5 Å². The molecular formula is C10H16O2Si2. The number of aryl methyl sites for hydroxylation is 2. The second-order valence-electron chi connectivity index (χ2n) is 3.96. The van der Waals surface area contributed by atoms with E-state index in [1.165, 1.54) is 27.4 Å². The first-order chi connectivity index (χ1) is 6.61. The number of benzene rings is 1. The van der Waals surface area contributed by atoms with E-state index in [4.69, 9.17) is 8.23 Å². The molecule has 1 fully saturated rings. The molecule has 0 N–H and O–H groups in total. The average Bonchev–Trinajstić information content (AvgIpc) is 2.06. The summed E-state index contributed by atoms with van der Waals surface area (Å²) in [6.07, 6.45) is 0. The van der Waals surface area contributed by atoms with Gasteiger partial charge in [-0.15, -0.1) is 0 Å². The van der Waals surface area contributed by atoms with Crippen molar-refractivity contribution in [3.8, 4) is 0 Å². The van der Waals surface area contributed by atoms with Crippen molar-refractivity contribution < 1.29 is 8.23 Å². The van der Waals surface area contributed by atoms with Crippen LogP contribution in [0.5, 0.6) is 0 Å². The van der Waals surface area contributed by atoms with Gasteiger partial charge in [-0.3, -0.25) is 0 Å². The summed E-state index contributed by atoms with van der Waals surface area (Å²) in [6, 6.07) is 2.25. The third kappa shape index (κ3) is 1.48. The maximum absolute atomic E-state index is 5.64. The predicted molar refractivity (Wildman–Crippen MR) is 62.9 cm³/mol. The molecule has 2 rings (SSSR count). The van der Waals surface area contributed by atoms with E-state index < -0.39 is 19.3 Å². The Kier molecular flexibility index (Phi) is 2.61. The maximum Gasteiger partial charge on any atom is 0.338 e. The Balaban J connectivity index is 2.54. The molecule has 1 aromatic carbocycles. The number of hydrogen-bond donors (Lipinski definition) is 0. The Bertz CT molecular complexity index is 347. The van der Waals surface area contributed by atoms with Crippen molar-refractivity contribution in [1.29, 1.82) is 0 Å². The molecule has 0 radical (unpaired) electrons. The molecule has 1 aromatic rings. The lowest BCUT2D eigenvalue weighted by molar-refractivity contribution is 0.327.